The molecule has 3 aromatic rings. The van der Waals surface area contributed by atoms with E-state index >= 15 is 4.39 Å². The van der Waals surface area contributed by atoms with E-state index in [1.54, 1.807) is 31.3 Å². The summed E-state index contributed by atoms with van der Waals surface area (Å²) in [6.45, 7) is 0. The summed E-state index contributed by atoms with van der Waals surface area (Å²) in [6.07, 6.45) is 1.84. The number of imide groups is 2. The molecule has 3 aliphatic rings. The van der Waals surface area contributed by atoms with Gasteiger partial charge in [0.25, 0.3) is 11.8 Å². The van der Waals surface area contributed by atoms with Gasteiger partial charge in [-0.05, 0) is 42.7 Å². The molecular weight excluding hydrogens is 533 g/mol. The van der Waals surface area contributed by atoms with Gasteiger partial charge in [0.15, 0.2) is 0 Å². The predicted octanol–water partition coefficient (Wildman–Crippen LogP) is 2.95. The maximum absolute atomic E-state index is 15.2. The number of aromatic nitrogens is 1. The molecule has 208 valence electrons. The van der Waals surface area contributed by atoms with Crippen molar-refractivity contribution in [2.75, 3.05) is 24.4 Å². The van der Waals surface area contributed by atoms with E-state index in [4.69, 9.17) is 4.74 Å². The van der Waals surface area contributed by atoms with Crippen LogP contribution in [0, 0.1) is 5.82 Å². The summed E-state index contributed by atoms with van der Waals surface area (Å²) in [5.74, 6) is -3.00. The SMILES string of the molecule is COc1cc(-c2cc3c(cc2Nc2cccc4c2C(=O)N(C2CCC(=O)NC2=O)C4=O)N(C)C(=O)CC3)c(F)cn1. The van der Waals surface area contributed by atoms with E-state index in [0.717, 1.165) is 16.7 Å². The first-order chi connectivity index (χ1) is 19.7. The zero-order valence-corrected chi connectivity index (χ0v) is 22.1. The van der Waals surface area contributed by atoms with E-state index in [1.807, 2.05) is 0 Å². The molecule has 0 saturated carbocycles. The van der Waals surface area contributed by atoms with Crippen LogP contribution in [-0.2, 0) is 20.8 Å². The molecule has 4 heterocycles. The number of piperidine rings is 1. The second kappa shape index (κ2) is 9.81. The summed E-state index contributed by atoms with van der Waals surface area (Å²) in [4.78, 5) is 69.9. The van der Waals surface area contributed by atoms with Crippen molar-refractivity contribution in [1.82, 2.24) is 15.2 Å². The topological polar surface area (TPSA) is 138 Å². The molecule has 2 N–H and O–H groups in total. The van der Waals surface area contributed by atoms with Gasteiger partial charge in [-0.25, -0.2) is 9.37 Å². The number of hydrogen-bond acceptors (Lipinski definition) is 8. The number of nitrogens with one attached hydrogen (secondary N) is 2. The van der Waals surface area contributed by atoms with Crippen molar-refractivity contribution in [3.8, 4) is 17.0 Å². The first-order valence-corrected chi connectivity index (χ1v) is 12.9. The van der Waals surface area contributed by atoms with Crippen molar-refractivity contribution < 1.29 is 33.1 Å². The Morgan fingerprint density at radius 3 is 2.54 bits per heavy atom. The third kappa shape index (κ3) is 4.28. The Morgan fingerprint density at radius 1 is 0.976 bits per heavy atom. The number of pyridine rings is 1. The number of fused-ring (bicyclic) bond motifs is 2. The molecule has 0 radical (unpaired) electrons. The van der Waals surface area contributed by atoms with Gasteiger partial charge in [0.1, 0.15) is 11.9 Å². The Hall–Kier alpha value is -5.13. The summed E-state index contributed by atoms with van der Waals surface area (Å²) in [5, 5.41) is 5.38. The highest BCUT2D eigenvalue weighted by molar-refractivity contribution is 6.25. The molecule has 5 amide bonds. The molecule has 41 heavy (non-hydrogen) atoms. The van der Waals surface area contributed by atoms with E-state index in [9.17, 15) is 24.0 Å². The van der Waals surface area contributed by atoms with Gasteiger partial charge in [0.2, 0.25) is 23.6 Å². The number of halogens is 1. The van der Waals surface area contributed by atoms with Gasteiger partial charge in [-0.15, -0.1) is 0 Å². The van der Waals surface area contributed by atoms with Gasteiger partial charge in [0, 0.05) is 48.5 Å². The molecule has 1 unspecified atom stereocenters. The second-order valence-corrected chi connectivity index (χ2v) is 9.99. The van der Waals surface area contributed by atoms with Crippen molar-refractivity contribution in [3.63, 3.8) is 0 Å². The number of amides is 5. The van der Waals surface area contributed by atoms with Crippen LogP contribution in [0.25, 0.3) is 11.1 Å². The lowest BCUT2D eigenvalue weighted by molar-refractivity contribution is -0.136. The van der Waals surface area contributed by atoms with E-state index < -0.39 is 35.5 Å². The van der Waals surface area contributed by atoms with Crippen LogP contribution in [0.4, 0.5) is 21.5 Å². The van der Waals surface area contributed by atoms with Crippen LogP contribution in [0.5, 0.6) is 5.88 Å². The van der Waals surface area contributed by atoms with Gasteiger partial charge < -0.3 is 15.0 Å². The van der Waals surface area contributed by atoms with E-state index in [1.165, 1.54) is 24.1 Å². The molecule has 3 aliphatic heterocycles. The van der Waals surface area contributed by atoms with Gasteiger partial charge in [-0.1, -0.05) is 6.07 Å². The summed E-state index contributed by atoms with van der Waals surface area (Å²) < 4.78 is 20.4. The fraction of sp³-hybridized carbons (Fsp3) is 0.241. The van der Waals surface area contributed by atoms with E-state index in [-0.39, 0.29) is 47.0 Å². The largest absolute Gasteiger partial charge is 0.481 e. The van der Waals surface area contributed by atoms with Crippen molar-refractivity contribution in [3.05, 3.63) is 65.1 Å². The number of rotatable bonds is 5. The number of carbonyl (C=O) groups excluding carboxylic acids is 5. The molecule has 11 nitrogen and oxygen atoms in total. The highest BCUT2D eigenvalue weighted by Crippen LogP contribution is 2.42. The lowest BCUT2D eigenvalue weighted by Gasteiger charge is -2.28. The van der Waals surface area contributed by atoms with Gasteiger partial charge >= 0.3 is 0 Å². The average Bonchev–Trinajstić information content (AvgIpc) is 3.21. The minimum atomic E-state index is -1.12. The molecule has 1 atom stereocenters. The lowest BCUT2D eigenvalue weighted by Crippen LogP contribution is -2.54. The van der Waals surface area contributed by atoms with Crippen molar-refractivity contribution in [1.29, 1.82) is 0 Å². The van der Waals surface area contributed by atoms with E-state index in [0.29, 0.717) is 29.8 Å². The predicted molar refractivity (Wildman–Crippen MR) is 144 cm³/mol. The minimum Gasteiger partial charge on any atom is -0.481 e. The molecular formula is C29H24FN5O6. The molecule has 0 spiro atoms. The smallest absolute Gasteiger partial charge is 0.264 e. The van der Waals surface area contributed by atoms with Crippen LogP contribution < -0.4 is 20.3 Å². The van der Waals surface area contributed by atoms with Gasteiger partial charge in [0.05, 0.1) is 30.1 Å². The zero-order chi connectivity index (χ0) is 29.0. The number of benzene rings is 2. The van der Waals surface area contributed by atoms with Gasteiger partial charge in [-0.2, -0.15) is 0 Å². The summed E-state index contributed by atoms with van der Waals surface area (Å²) >= 11 is 0. The number of methoxy groups -OCH3 is 1. The van der Waals surface area contributed by atoms with Crippen molar-refractivity contribution in [2.24, 2.45) is 0 Å². The minimum absolute atomic E-state index is 0.000597. The molecule has 1 aromatic heterocycles. The Bertz CT molecular complexity index is 1690. The number of hydrogen-bond donors (Lipinski definition) is 2. The fourth-order valence-corrected chi connectivity index (χ4v) is 5.52. The summed E-state index contributed by atoms with van der Waals surface area (Å²) in [7, 11) is 3.07. The highest BCUT2D eigenvalue weighted by Gasteiger charge is 2.45. The number of carbonyl (C=O) groups is 5. The Labute approximate surface area is 233 Å². The Morgan fingerprint density at radius 2 is 1.78 bits per heavy atom. The standard InChI is InChI=1S/C29H24FN5O6/c1-34-22-12-20(17(10-14(22)6-9-25(34)37)16-11-24(41-2)31-13-18(16)30)32-19-5-3-4-15-26(19)29(40)35(28(15)39)21-7-8-23(36)33-27(21)38/h3-5,10-13,21,32H,6-9H2,1-2H3,(H,33,36,38). The molecule has 0 bridgehead atoms. The molecule has 6 rings (SSSR count). The Kier molecular flexibility index (Phi) is 6.24. The monoisotopic (exact) mass is 557 g/mol. The first kappa shape index (κ1) is 26.1. The maximum atomic E-state index is 15.2. The number of aryl methyl sites for hydroxylation is 1. The van der Waals surface area contributed by atoms with Crippen LogP contribution in [0.15, 0.2) is 42.6 Å². The normalized spacial score (nSPS) is 18.3. The van der Waals surface area contributed by atoms with Crippen molar-refractivity contribution in [2.45, 2.75) is 31.7 Å². The fourth-order valence-electron chi connectivity index (χ4n) is 5.52. The average molecular weight is 558 g/mol. The molecule has 2 aromatic carbocycles. The second-order valence-electron chi connectivity index (χ2n) is 9.99. The molecule has 1 fully saturated rings. The highest BCUT2D eigenvalue weighted by atomic mass is 19.1. The van der Waals surface area contributed by atoms with Gasteiger partial charge in [-0.3, -0.25) is 34.2 Å². The van der Waals surface area contributed by atoms with Crippen LogP contribution in [-0.4, -0.2) is 59.6 Å². The van der Waals surface area contributed by atoms with Crippen LogP contribution in [0.1, 0.15) is 45.5 Å². The van der Waals surface area contributed by atoms with Crippen LogP contribution in [0.3, 0.4) is 0 Å². The first-order valence-electron chi connectivity index (χ1n) is 12.9. The number of anilines is 3. The molecule has 0 aliphatic carbocycles. The Balaban J connectivity index is 1.46. The zero-order valence-electron chi connectivity index (χ0n) is 22.1. The van der Waals surface area contributed by atoms with Crippen LogP contribution >= 0.6 is 0 Å². The summed E-state index contributed by atoms with van der Waals surface area (Å²) in [6, 6.07) is 8.49. The molecule has 12 heteroatoms. The summed E-state index contributed by atoms with van der Waals surface area (Å²) in [5.41, 5.74) is 2.82. The van der Waals surface area contributed by atoms with Crippen LogP contribution in [0.2, 0.25) is 0 Å². The third-order valence-corrected chi connectivity index (χ3v) is 7.63. The number of ether oxygens (including phenoxy) is 1. The number of nitrogens with zero attached hydrogens (tertiary/aromatic N) is 3. The van der Waals surface area contributed by atoms with E-state index in [2.05, 4.69) is 15.6 Å². The third-order valence-electron chi connectivity index (χ3n) is 7.63. The maximum Gasteiger partial charge on any atom is 0.264 e. The van der Waals surface area contributed by atoms with Crippen molar-refractivity contribution >= 4 is 46.6 Å². The molecule has 1 saturated heterocycles. The quantitative estimate of drug-likeness (QED) is 0.457. The lowest BCUT2D eigenvalue weighted by atomic mass is 9.94.